The molecule has 0 saturated heterocycles. The number of primary amides is 1. The fourth-order valence-corrected chi connectivity index (χ4v) is 1.68. The topological polar surface area (TPSA) is 98.3 Å². The van der Waals surface area contributed by atoms with Crippen molar-refractivity contribution in [2.24, 2.45) is 5.73 Å². The van der Waals surface area contributed by atoms with E-state index in [0.29, 0.717) is 29.2 Å². The van der Waals surface area contributed by atoms with Gasteiger partial charge in [0.2, 0.25) is 5.91 Å². The van der Waals surface area contributed by atoms with Crippen molar-refractivity contribution >= 4 is 28.9 Å². The van der Waals surface area contributed by atoms with Gasteiger partial charge in [0.1, 0.15) is 5.69 Å². The molecule has 0 heterocycles. The van der Waals surface area contributed by atoms with Gasteiger partial charge in [-0.1, -0.05) is 11.6 Å². The average Bonchev–Trinajstić information content (AvgIpc) is 2.29. The molecule has 1 aromatic carbocycles. The molecule has 0 atom stereocenters. The van der Waals surface area contributed by atoms with E-state index >= 15 is 0 Å². The van der Waals surface area contributed by atoms with Crippen molar-refractivity contribution in [1.82, 2.24) is 0 Å². The minimum absolute atomic E-state index is 0.0315. The summed E-state index contributed by atoms with van der Waals surface area (Å²) in [5, 5.41) is 14.3. The van der Waals surface area contributed by atoms with Crippen molar-refractivity contribution in [2.45, 2.75) is 19.8 Å². The first-order chi connectivity index (χ1) is 8.43. The Morgan fingerprint density at radius 1 is 1.56 bits per heavy atom. The van der Waals surface area contributed by atoms with Crippen LogP contribution in [0.4, 0.5) is 11.4 Å². The molecule has 1 amide bonds. The minimum Gasteiger partial charge on any atom is -0.379 e. The molecule has 0 aliphatic carbocycles. The summed E-state index contributed by atoms with van der Waals surface area (Å²) in [6.07, 6.45) is 0.749. The number of carbonyl (C=O) groups is 1. The molecule has 0 saturated carbocycles. The molecule has 98 valence electrons. The Hall–Kier alpha value is -1.82. The number of halogens is 1. The highest BCUT2D eigenvalue weighted by Crippen LogP contribution is 2.32. The molecule has 6 nitrogen and oxygen atoms in total. The number of carbonyl (C=O) groups excluding carboxylic acids is 1. The molecule has 1 aromatic rings. The van der Waals surface area contributed by atoms with Gasteiger partial charge in [-0.15, -0.1) is 0 Å². The number of nitro benzene ring substituents is 1. The second-order valence-corrected chi connectivity index (χ2v) is 4.23. The van der Waals surface area contributed by atoms with Crippen LogP contribution in [0.2, 0.25) is 5.02 Å². The first kappa shape index (κ1) is 14.2. The predicted octanol–water partition coefficient (Wildman–Crippen LogP) is 2.23. The molecular formula is C11H14ClN3O3. The van der Waals surface area contributed by atoms with E-state index in [1.807, 2.05) is 0 Å². The van der Waals surface area contributed by atoms with Crippen molar-refractivity contribution in [3.8, 4) is 0 Å². The summed E-state index contributed by atoms with van der Waals surface area (Å²) in [5.41, 5.74) is 5.98. The third-order valence-electron chi connectivity index (χ3n) is 2.48. The molecule has 1 rings (SSSR count). The lowest BCUT2D eigenvalue weighted by atomic mass is 10.1. The van der Waals surface area contributed by atoms with Crippen molar-refractivity contribution in [3.05, 3.63) is 32.8 Å². The van der Waals surface area contributed by atoms with E-state index in [-0.39, 0.29) is 12.1 Å². The predicted molar refractivity (Wildman–Crippen MR) is 69.8 cm³/mol. The quantitative estimate of drug-likeness (QED) is 0.471. The van der Waals surface area contributed by atoms with Crippen LogP contribution in [0.25, 0.3) is 0 Å². The van der Waals surface area contributed by atoms with Crippen molar-refractivity contribution in [1.29, 1.82) is 0 Å². The largest absolute Gasteiger partial charge is 0.379 e. The normalized spacial score (nSPS) is 10.1. The fraction of sp³-hybridized carbons (Fsp3) is 0.364. The monoisotopic (exact) mass is 271 g/mol. The summed E-state index contributed by atoms with van der Waals surface area (Å²) in [4.78, 5) is 21.0. The van der Waals surface area contributed by atoms with Gasteiger partial charge in [-0.2, -0.15) is 0 Å². The summed E-state index contributed by atoms with van der Waals surface area (Å²) < 4.78 is 0. The Labute approximate surface area is 109 Å². The van der Waals surface area contributed by atoms with Gasteiger partial charge in [-0.05, 0) is 25.0 Å². The number of rotatable bonds is 6. The van der Waals surface area contributed by atoms with Crippen LogP contribution in [-0.2, 0) is 4.79 Å². The van der Waals surface area contributed by atoms with Crippen LogP contribution in [-0.4, -0.2) is 17.4 Å². The molecule has 0 unspecified atom stereocenters. The number of nitrogens with two attached hydrogens (primary N) is 1. The number of amides is 1. The highest BCUT2D eigenvalue weighted by molar-refractivity contribution is 6.31. The average molecular weight is 272 g/mol. The third-order valence-corrected chi connectivity index (χ3v) is 2.88. The number of anilines is 1. The Balaban J connectivity index is 2.82. The summed E-state index contributed by atoms with van der Waals surface area (Å²) in [7, 11) is 0. The number of nitrogens with one attached hydrogen (secondary N) is 1. The number of benzene rings is 1. The van der Waals surface area contributed by atoms with E-state index in [1.54, 1.807) is 6.92 Å². The van der Waals surface area contributed by atoms with Crippen molar-refractivity contribution in [2.75, 3.05) is 11.9 Å². The zero-order valence-corrected chi connectivity index (χ0v) is 10.7. The lowest BCUT2D eigenvalue weighted by molar-refractivity contribution is -0.384. The van der Waals surface area contributed by atoms with Crippen molar-refractivity contribution < 1.29 is 9.72 Å². The van der Waals surface area contributed by atoms with Crippen LogP contribution >= 0.6 is 11.6 Å². The second-order valence-electron chi connectivity index (χ2n) is 3.82. The Bertz CT molecular complexity index is 477. The Morgan fingerprint density at radius 3 is 2.78 bits per heavy atom. The molecule has 0 spiro atoms. The van der Waals surface area contributed by atoms with Crippen LogP contribution in [0.3, 0.4) is 0 Å². The first-order valence-corrected chi connectivity index (χ1v) is 5.77. The molecule has 18 heavy (non-hydrogen) atoms. The highest BCUT2D eigenvalue weighted by Gasteiger charge is 2.17. The molecular weight excluding hydrogens is 258 g/mol. The van der Waals surface area contributed by atoms with Crippen LogP contribution in [0.5, 0.6) is 0 Å². The maximum Gasteiger partial charge on any atom is 0.292 e. The minimum atomic E-state index is -0.472. The van der Waals surface area contributed by atoms with E-state index in [4.69, 9.17) is 17.3 Å². The smallest absolute Gasteiger partial charge is 0.292 e. The molecule has 0 fully saturated rings. The lowest BCUT2D eigenvalue weighted by Crippen LogP contribution is -2.13. The molecule has 0 bridgehead atoms. The zero-order valence-electron chi connectivity index (χ0n) is 9.90. The number of hydrogen-bond acceptors (Lipinski definition) is 4. The van der Waals surface area contributed by atoms with E-state index in [0.717, 1.165) is 0 Å². The molecule has 0 radical (unpaired) electrons. The molecule has 0 aliphatic heterocycles. The van der Waals surface area contributed by atoms with Gasteiger partial charge in [-0.3, -0.25) is 14.9 Å². The molecule has 3 N–H and O–H groups in total. The maximum absolute atomic E-state index is 10.9. The van der Waals surface area contributed by atoms with Crippen LogP contribution in [0.15, 0.2) is 12.1 Å². The second kappa shape index (κ2) is 6.20. The van der Waals surface area contributed by atoms with Gasteiger partial charge in [0.25, 0.3) is 5.69 Å². The van der Waals surface area contributed by atoms with Gasteiger partial charge in [0.15, 0.2) is 0 Å². The number of nitrogens with zero attached hydrogens (tertiary/aromatic N) is 1. The fourth-order valence-electron chi connectivity index (χ4n) is 1.52. The number of hydrogen-bond donors (Lipinski definition) is 2. The van der Waals surface area contributed by atoms with Crippen LogP contribution < -0.4 is 11.1 Å². The first-order valence-electron chi connectivity index (χ1n) is 5.39. The van der Waals surface area contributed by atoms with Gasteiger partial charge < -0.3 is 11.1 Å². The van der Waals surface area contributed by atoms with Gasteiger partial charge in [0.05, 0.1) is 4.92 Å². The summed E-state index contributed by atoms with van der Waals surface area (Å²) in [6, 6.07) is 2.84. The maximum atomic E-state index is 10.9. The summed E-state index contributed by atoms with van der Waals surface area (Å²) >= 11 is 5.92. The van der Waals surface area contributed by atoms with Gasteiger partial charge in [-0.25, -0.2) is 0 Å². The lowest BCUT2D eigenvalue weighted by Gasteiger charge is -2.10. The van der Waals surface area contributed by atoms with Crippen LogP contribution in [0, 0.1) is 17.0 Å². The summed E-state index contributed by atoms with van der Waals surface area (Å²) in [5.74, 6) is -0.394. The third kappa shape index (κ3) is 3.59. The highest BCUT2D eigenvalue weighted by atomic mass is 35.5. The SMILES string of the molecule is Cc1c(Cl)ccc([N+](=O)[O-])c1NCCCC(N)=O. The van der Waals surface area contributed by atoms with Crippen LogP contribution in [0.1, 0.15) is 18.4 Å². The van der Waals surface area contributed by atoms with E-state index in [2.05, 4.69) is 5.32 Å². The number of nitro groups is 1. The summed E-state index contributed by atoms with van der Waals surface area (Å²) in [6.45, 7) is 2.12. The molecule has 0 aliphatic rings. The van der Waals surface area contributed by atoms with Gasteiger partial charge in [0, 0.05) is 24.1 Å². The Kier molecular flexibility index (Phi) is 4.91. The van der Waals surface area contributed by atoms with E-state index < -0.39 is 10.8 Å². The van der Waals surface area contributed by atoms with E-state index in [9.17, 15) is 14.9 Å². The molecule has 0 aromatic heterocycles. The molecule has 7 heteroatoms. The Morgan fingerprint density at radius 2 is 2.22 bits per heavy atom. The van der Waals surface area contributed by atoms with E-state index in [1.165, 1.54) is 12.1 Å². The standard InChI is InChI=1S/C11H14ClN3O3/c1-7-8(12)4-5-9(15(17)18)11(7)14-6-2-3-10(13)16/h4-5,14H,2-3,6H2,1H3,(H2,13,16). The van der Waals surface area contributed by atoms with Gasteiger partial charge >= 0.3 is 0 Å². The zero-order chi connectivity index (χ0) is 13.7. The van der Waals surface area contributed by atoms with Crippen molar-refractivity contribution in [3.63, 3.8) is 0 Å².